The van der Waals surface area contributed by atoms with Crippen LogP contribution in [0.3, 0.4) is 0 Å². The van der Waals surface area contributed by atoms with Crippen LogP contribution >= 0.6 is 34.3 Å². The molecule has 1 unspecified atom stereocenters. The summed E-state index contributed by atoms with van der Waals surface area (Å²) >= 11 is 8.58. The molecule has 1 atom stereocenters. The van der Waals surface area contributed by atoms with Gasteiger partial charge in [0.25, 0.3) is 0 Å². The monoisotopic (exact) mass is 505 g/mol. The second-order valence-corrected chi connectivity index (χ2v) is 9.49. The molecule has 0 aliphatic carbocycles. The third kappa shape index (κ3) is 5.84. The molecule has 7 nitrogen and oxygen atoms in total. The Morgan fingerprint density at radius 2 is 2.06 bits per heavy atom. The highest BCUT2D eigenvalue weighted by Crippen LogP contribution is 2.35. The van der Waals surface area contributed by atoms with E-state index in [9.17, 15) is 14.6 Å². The highest BCUT2D eigenvalue weighted by atomic mass is 35.5. The average molecular weight is 506 g/mol. The molecule has 4 aromatic rings. The van der Waals surface area contributed by atoms with Crippen LogP contribution in [0.25, 0.3) is 10.6 Å². The molecule has 11 heteroatoms. The zero-order valence-corrected chi connectivity index (χ0v) is 19.9. The van der Waals surface area contributed by atoms with Crippen LogP contribution in [0.2, 0.25) is 5.02 Å². The van der Waals surface area contributed by atoms with E-state index in [2.05, 4.69) is 25.6 Å². The molecular weight excluding hydrogens is 485 g/mol. The van der Waals surface area contributed by atoms with E-state index in [0.717, 1.165) is 21.8 Å². The third-order valence-corrected chi connectivity index (χ3v) is 6.91. The maximum atomic E-state index is 13.9. The summed E-state index contributed by atoms with van der Waals surface area (Å²) < 4.78 is 13.9. The van der Waals surface area contributed by atoms with Gasteiger partial charge in [0.15, 0.2) is 5.13 Å². The van der Waals surface area contributed by atoms with E-state index < -0.39 is 11.9 Å². The number of anilines is 3. The van der Waals surface area contributed by atoms with Crippen LogP contribution in [0, 0.1) is 5.82 Å². The van der Waals surface area contributed by atoms with Crippen molar-refractivity contribution < 1.29 is 14.6 Å². The molecule has 1 aromatic carbocycles. The molecule has 0 bridgehead atoms. The number of benzene rings is 1. The Morgan fingerprint density at radius 1 is 1.21 bits per heavy atom. The van der Waals surface area contributed by atoms with E-state index >= 15 is 0 Å². The van der Waals surface area contributed by atoms with Crippen LogP contribution in [0.1, 0.15) is 29.3 Å². The fourth-order valence-electron chi connectivity index (χ4n) is 3.00. The summed E-state index contributed by atoms with van der Waals surface area (Å²) in [4.78, 5) is 14.3. The first kappa shape index (κ1) is 23.5. The third-order valence-electron chi connectivity index (χ3n) is 4.63. The van der Waals surface area contributed by atoms with Gasteiger partial charge in [-0.2, -0.15) is 0 Å². The highest BCUT2D eigenvalue weighted by molar-refractivity contribution is 7.17. The minimum absolute atomic E-state index is 0.0268. The van der Waals surface area contributed by atoms with Crippen molar-refractivity contribution in [2.24, 2.45) is 0 Å². The van der Waals surface area contributed by atoms with Crippen molar-refractivity contribution in [3.63, 3.8) is 0 Å². The number of nitrogens with zero attached hydrogens (tertiary/aromatic N) is 3. The number of pyridine rings is 1. The number of halogens is 2. The van der Waals surface area contributed by atoms with Gasteiger partial charge in [-0.3, -0.25) is 0 Å². The molecular formula is C22H21ClFN5O2S2. The number of hydrogen-bond acceptors (Lipinski definition) is 9. The standard InChI is InChI=1S/C22H21ClFN5O2S2/c1-12(31)21-27-17(6-7-30)20(33-21)18-11-32-22(28-18)29-19-5-2-13(10-26-19)9-25-16-4-3-14(23)8-15(16)24/h2-5,8,10-12,25,30-31H,6-7,9H2,1H3,(H,26,28,29). The number of aromatic nitrogens is 3. The normalized spacial score (nSPS) is 12.0. The van der Waals surface area contributed by atoms with E-state index in [0.29, 0.717) is 39.6 Å². The number of aliphatic hydroxyl groups is 2. The molecule has 4 rings (SSSR count). The van der Waals surface area contributed by atoms with E-state index in [1.807, 2.05) is 17.5 Å². The summed E-state index contributed by atoms with van der Waals surface area (Å²) in [7, 11) is 0. The lowest BCUT2D eigenvalue weighted by atomic mass is 10.2. The molecule has 0 aliphatic heterocycles. The zero-order valence-electron chi connectivity index (χ0n) is 17.5. The number of nitrogens with one attached hydrogen (secondary N) is 2. The van der Waals surface area contributed by atoms with Gasteiger partial charge in [-0.15, -0.1) is 22.7 Å². The fourth-order valence-corrected chi connectivity index (χ4v) is 4.95. The Balaban J connectivity index is 1.41. The maximum Gasteiger partial charge on any atom is 0.188 e. The smallest absolute Gasteiger partial charge is 0.188 e. The van der Waals surface area contributed by atoms with E-state index in [-0.39, 0.29) is 6.61 Å². The molecule has 0 saturated carbocycles. The Morgan fingerprint density at radius 3 is 2.76 bits per heavy atom. The van der Waals surface area contributed by atoms with Crippen LogP contribution in [0.5, 0.6) is 0 Å². The average Bonchev–Trinajstić information content (AvgIpc) is 3.42. The number of rotatable bonds is 9. The summed E-state index contributed by atoms with van der Waals surface area (Å²) in [6.07, 6.45) is 1.43. The van der Waals surface area contributed by atoms with Crippen molar-refractivity contribution >= 4 is 50.9 Å². The molecule has 0 spiro atoms. The lowest BCUT2D eigenvalue weighted by Gasteiger charge is -2.08. The van der Waals surface area contributed by atoms with E-state index in [1.54, 1.807) is 25.3 Å². The molecule has 0 fully saturated rings. The Bertz CT molecular complexity index is 1230. The lowest BCUT2D eigenvalue weighted by molar-refractivity contribution is 0.198. The highest BCUT2D eigenvalue weighted by Gasteiger charge is 2.18. The molecule has 4 N–H and O–H groups in total. The largest absolute Gasteiger partial charge is 0.396 e. The number of thiazole rings is 2. The minimum atomic E-state index is -0.675. The van der Waals surface area contributed by atoms with Crippen molar-refractivity contribution in [2.45, 2.75) is 26.0 Å². The molecule has 3 aromatic heterocycles. The Kier molecular flexibility index (Phi) is 7.51. The molecule has 172 valence electrons. The van der Waals surface area contributed by atoms with Crippen LogP contribution in [0.15, 0.2) is 41.9 Å². The van der Waals surface area contributed by atoms with Gasteiger partial charge in [0.1, 0.15) is 22.7 Å². The van der Waals surface area contributed by atoms with Gasteiger partial charge in [0, 0.05) is 36.2 Å². The van der Waals surface area contributed by atoms with Crippen LogP contribution in [-0.4, -0.2) is 31.8 Å². The van der Waals surface area contributed by atoms with E-state index in [4.69, 9.17) is 11.6 Å². The fraction of sp³-hybridized carbons (Fsp3) is 0.227. The number of hydrogen-bond donors (Lipinski definition) is 4. The van der Waals surface area contributed by atoms with Gasteiger partial charge in [0.2, 0.25) is 0 Å². The second kappa shape index (κ2) is 10.5. The van der Waals surface area contributed by atoms with Crippen molar-refractivity contribution in [1.82, 2.24) is 15.0 Å². The first-order chi connectivity index (χ1) is 15.9. The predicted molar refractivity (Wildman–Crippen MR) is 131 cm³/mol. The van der Waals surface area contributed by atoms with Crippen molar-refractivity contribution in [3.05, 3.63) is 69.0 Å². The van der Waals surface area contributed by atoms with Crippen molar-refractivity contribution in [3.8, 4) is 10.6 Å². The molecule has 0 radical (unpaired) electrons. The predicted octanol–water partition coefficient (Wildman–Crippen LogP) is 5.40. The summed E-state index contributed by atoms with van der Waals surface area (Å²) in [5.41, 5.74) is 2.72. The van der Waals surface area contributed by atoms with Crippen LogP contribution in [0.4, 0.5) is 21.0 Å². The number of aliphatic hydroxyl groups excluding tert-OH is 2. The summed E-state index contributed by atoms with van der Waals surface area (Å²) in [6.45, 7) is 2.05. The SMILES string of the molecule is CC(O)c1nc(CCO)c(-c2csc(Nc3ccc(CNc4ccc(Cl)cc4F)cn3)n2)s1. The first-order valence-electron chi connectivity index (χ1n) is 10.1. The zero-order chi connectivity index (χ0) is 23.4. The molecule has 33 heavy (non-hydrogen) atoms. The van der Waals surface area contributed by atoms with Gasteiger partial charge in [-0.05, 0) is 36.8 Å². The summed E-state index contributed by atoms with van der Waals surface area (Å²) in [5.74, 6) is 0.221. The van der Waals surface area contributed by atoms with Gasteiger partial charge >= 0.3 is 0 Å². The minimum Gasteiger partial charge on any atom is -0.396 e. The maximum absolute atomic E-state index is 13.9. The molecule has 3 heterocycles. The van der Waals surface area contributed by atoms with Crippen molar-refractivity contribution in [1.29, 1.82) is 0 Å². The molecule has 0 aliphatic rings. The molecule has 0 amide bonds. The van der Waals surface area contributed by atoms with Gasteiger partial charge in [-0.1, -0.05) is 17.7 Å². The van der Waals surface area contributed by atoms with Crippen LogP contribution < -0.4 is 10.6 Å². The lowest BCUT2D eigenvalue weighted by Crippen LogP contribution is -2.02. The Labute approximate surface area is 203 Å². The first-order valence-corrected chi connectivity index (χ1v) is 12.2. The second-order valence-electron chi connectivity index (χ2n) is 7.17. The summed E-state index contributed by atoms with van der Waals surface area (Å²) in [6, 6.07) is 8.21. The Hall–Kier alpha value is -2.63. The van der Waals surface area contributed by atoms with Gasteiger partial charge in [0.05, 0.1) is 22.0 Å². The molecule has 0 saturated heterocycles. The van der Waals surface area contributed by atoms with Crippen LogP contribution in [-0.2, 0) is 13.0 Å². The van der Waals surface area contributed by atoms with Gasteiger partial charge < -0.3 is 20.8 Å². The van der Waals surface area contributed by atoms with E-state index in [1.165, 1.54) is 28.7 Å². The topological polar surface area (TPSA) is 103 Å². The van der Waals surface area contributed by atoms with Crippen molar-refractivity contribution in [2.75, 3.05) is 17.2 Å². The summed E-state index contributed by atoms with van der Waals surface area (Å²) in [5, 5.41) is 28.9. The quantitative estimate of drug-likeness (QED) is 0.241. The van der Waals surface area contributed by atoms with Gasteiger partial charge in [-0.25, -0.2) is 19.3 Å².